The van der Waals surface area contributed by atoms with Gasteiger partial charge in [0.15, 0.2) is 0 Å². The van der Waals surface area contributed by atoms with Crippen LogP contribution in [0.5, 0.6) is 0 Å². The molecule has 144 valence electrons. The number of aromatic nitrogens is 2. The number of aliphatic carboxylic acids is 1. The average molecular weight is 373 g/mol. The number of nitrogens with one attached hydrogen (secondary N) is 1. The number of hydrogen-bond donors (Lipinski definition) is 2. The highest BCUT2D eigenvalue weighted by atomic mass is 16.4. The Morgan fingerprint density at radius 1 is 1.15 bits per heavy atom. The lowest BCUT2D eigenvalue weighted by Gasteiger charge is -2.21. The minimum atomic E-state index is -0.948. The van der Waals surface area contributed by atoms with E-state index in [0.717, 1.165) is 6.42 Å². The number of carbonyl (C=O) groups is 2. The minimum Gasteiger partial charge on any atom is -0.480 e. The third-order valence-electron chi connectivity index (χ3n) is 5.02. The number of fused-ring (bicyclic) bond motifs is 1. The molecule has 0 bridgehead atoms. The van der Waals surface area contributed by atoms with Gasteiger partial charge in [-0.25, -0.2) is 9.59 Å². The van der Waals surface area contributed by atoms with Gasteiger partial charge in [0.2, 0.25) is 5.91 Å². The molecule has 8 nitrogen and oxygen atoms in total. The number of H-pyrrole nitrogens is 1. The smallest absolute Gasteiger partial charge is 0.328 e. The van der Waals surface area contributed by atoms with Crippen LogP contribution < -0.4 is 11.2 Å². The van der Waals surface area contributed by atoms with E-state index in [9.17, 15) is 19.2 Å². The Kier molecular flexibility index (Phi) is 5.73. The summed E-state index contributed by atoms with van der Waals surface area (Å²) >= 11 is 0. The first-order chi connectivity index (χ1) is 13.0. The van der Waals surface area contributed by atoms with E-state index in [1.165, 1.54) is 9.47 Å². The van der Waals surface area contributed by atoms with E-state index in [1.807, 2.05) is 0 Å². The number of hydrogen-bond acceptors (Lipinski definition) is 4. The fourth-order valence-electron chi connectivity index (χ4n) is 3.59. The molecule has 1 amide bonds. The molecule has 8 heteroatoms. The largest absolute Gasteiger partial charge is 0.480 e. The molecule has 2 aromatic rings. The topological polar surface area (TPSA) is 112 Å². The average Bonchev–Trinajstić information content (AvgIpc) is 3.14. The van der Waals surface area contributed by atoms with Gasteiger partial charge < -0.3 is 15.0 Å². The van der Waals surface area contributed by atoms with Crippen molar-refractivity contribution < 1.29 is 14.7 Å². The van der Waals surface area contributed by atoms with E-state index in [-0.39, 0.29) is 24.4 Å². The monoisotopic (exact) mass is 373 g/mol. The second-order valence-electron chi connectivity index (χ2n) is 6.83. The number of unbranched alkanes of at least 4 members (excludes halogenated alkanes) is 2. The Balaban J connectivity index is 1.52. The maximum Gasteiger partial charge on any atom is 0.328 e. The summed E-state index contributed by atoms with van der Waals surface area (Å²) in [7, 11) is 0. The Morgan fingerprint density at radius 3 is 2.70 bits per heavy atom. The molecule has 0 spiro atoms. The molecule has 27 heavy (non-hydrogen) atoms. The summed E-state index contributed by atoms with van der Waals surface area (Å²) in [6, 6.07) is 6.18. The lowest BCUT2D eigenvalue weighted by Crippen LogP contribution is -2.40. The number of benzene rings is 1. The highest BCUT2D eigenvalue weighted by Gasteiger charge is 2.33. The van der Waals surface area contributed by atoms with Crippen molar-refractivity contribution in [1.29, 1.82) is 0 Å². The summed E-state index contributed by atoms with van der Waals surface area (Å²) in [5, 5.41) is 9.61. The molecule has 1 aromatic carbocycles. The molecular weight excluding hydrogens is 350 g/mol. The fraction of sp³-hybridized carbons (Fsp3) is 0.474. The standard InChI is InChI=1S/C19H23N3O5/c23-16(21-12-6-9-15(21)18(25)26)10-2-1-5-11-22-17(24)13-7-3-4-8-14(13)20-19(22)27/h3-4,7-8,15H,1-2,5-6,9-12H2,(H,20,27)(H,25,26)/t15-/m1/s1. The lowest BCUT2D eigenvalue weighted by molar-refractivity contribution is -0.148. The van der Waals surface area contributed by atoms with Gasteiger partial charge >= 0.3 is 11.7 Å². The molecule has 0 saturated carbocycles. The SMILES string of the molecule is O=C(O)[C@H]1CCCN1C(=O)CCCCCn1c(=O)[nH]c2ccccc2c1=O. The van der Waals surface area contributed by atoms with E-state index < -0.39 is 17.7 Å². The van der Waals surface area contributed by atoms with Crippen LogP contribution in [0.4, 0.5) is 0 Å². The van der Waals surface area contributed by atoms with Gasteiger partial charge in [-0.1, -0.05) is 18.6 Å². The third-order valence-corrected chi connectivity index (χ3v) is 5.02. The third kappa shape index (κ3) is 4.10. The predicted molar refractivity (Wildman–Crippen MR) is 99.7 cm³/mol. The van der Waals surface area contributed by atoms with Gasteiger partial charge in [-0.2, -0.15) is 0 Å². The van der Waals surface area contributed by atoms with Crippen LogP contribution in [0, 0.1) is 0 Å². The molecule has 1 aromatic heterocycles. The Morgan fingerprint density at radius 2 is 1.93 bits per heavy atom. The molecule has 1 aliphatic heterocycles. The molecular formula is C19H23N3O5. The lowest BCUT2D eigenvalue weighted by atomic mass is 10.1. The van der Waals surface area contributed by atoms with Gasteiger partial charge in [0.1, 0.15) is 6.04 Å². The van der Waals surface area contributed by atoms with Crippen LogP contribution in [0.2, 0.25) is 0 Å². The van der Waals surface area contributed by atoms with Gasteiger partial charge in [0.25, 0.3) is 5.56 Å². The predicted octanol–water partition coefficient (Wildman–Crippen LogP) is 1.33. The van der Waals surface area contributed by atoms with Crippen molar-refractivity contribution in [1.82, 2.24) is 14.5 Å². The number of carboxylic acid groups (broad SMARTS) is 1. The number of likely N-dealkylation sites (tertiary alicyclic amines) is 1. The summed E-state index contributed by atoms with van der Waals surface area (Å²) in [6.45, 7) is 0.784. The van der Waals surface area contributed by atoms with Crippen LogP contribution in [0.25, 0.3) is 10.9 Å². The number of nitrogens with zero attached hydrogens (tertiary/aromatic N) is 2. The van der Waals surface area contributed by atoms with Crippen LogP contribution in [-0.2, 0) is 16.1 Å². The normalized spacial score (nSPS) is 16.7. The van der Waals surface area contributed by atoms with E-state index in [0.29, 0.717) is 43.1 Å². The van der Waals surface area contributed by atoms with Crippen LogP contribution in [0.15, 0.2) is 33.9 Å². The molecule has 2 heterocycles. The Bertz CT molecular complexity index is 962. The molecule has 1 saturated heterocycles. The molecule has 0 unspecified atom stereocenters. The zero-order valence-electron chi connectivity index (χ0n) is 15.0. The number of carboxylic acids is 1. The second-order valence-corrected chi connectivity index (χ2v) is 6.83. The molecule has 2 N–H and O–H groups in total. The zero-order chi connectivity index (χ0) is 19.4. The minimum absolute atomic E-state index is 0.138. The summed E-state index contributed by atoms with van der Waals surface area (Å²) in [6.07, 6.45) is 3.38. The Hall–Kier alpha value is -2.90. The van der Waals surface area contributed by atoms with Crippen LogP contribution in [-0.4, -0.2) is 44.0 Å². The molecule has 0 aliphatic carbocycles. The number of para-hydroxylation sites is 1. The quantitative estimate of drug-likeness (QED) is 0.711. The molecule has 1 atom stereocenters. The molecule has 0 radical (unpaired) electrons. The number of carbonyl (C=O) groups excluding carboxylic acids is 1. The first-order valence-electron chi connectivity index (χ1n) is 9.23. The maximum atomic E-state index is 12.4. The molecule has 3 rings (SSSR count). The van der Waals surface area contributed by atoms with Gasteiger partial charge in [-0.15, -0.1) is 0 Å². The van der Waals surface area contributed by atoms with Crippen molar-refractivity contribution >= 4 is 22.8 Å². The zero-order valence-corrected chi connectivity index (χ0v) is 15.0. The van der Waals surface area contributed by atoms with E-state index in [1.54, 1.807) is 24.3 Å². The fourth-order valence-corrected chi connectivity index (χ4v) is 3.59. The number of amides is 1. The maximum absolute atomic E-state index is 12.4. The van der Waals surface area contributed by atoms with E-state index in [2.05, 4.69) is 4.98 Å². The van der Waals surface area contributed by atoms with Gasteiger partial charge in [-0.05, 0) is 37.8 Å². The number of rotatable bonds is 7. The van der Waals surface area contributed by atoms with Crippen molar-refractivity contribution in [2.24, 2.45) is 0 Å². The van der Waals surface area contributed by atoms with Gasteiger partial charge in [0, 0.05) is 19.5 Å². The van der Waals surface area contributed by atoms with Gasteiger partial charge in [-0.3, -0.25) is 14.2 Å². The Labute approximate surface area is 155 Å². The van der Waals surface area contributed by atoms with E-state index in [4.69, 9.17) is 5.11 Å². The van der Waals surface area contributed by atoms with Crippen molar-refractivity contribution in [2.75, 3.05) is 6.54 Å². The van der Waals surface area contributed by atoms with Crippen LogP contribution in [0.1, 0.15) is 38.5 Å². The van der Waals surface area contributed by atoms with Crippen LogP contribution in [0.3, 0.4) is 0 Å². The highest BCUT2D eigenvalue weighted by molar-refractivity contribution is 5.84. The second kappa shape index (κ2) is 8.20. The van der Waals surface area contributed by atoms with Gasteiger partial charge in [0.05, 0.1) is 10.9 Å². The van der Waals surface area contributed by atoms with Crippen LogP contribution >= 0.6 is 0 Å². The van der Waals surface area contributed by atoms with Crippen molar-refractivity contribution in [3.05, 3.63) is 45.1 Å². The summed E-state index contributed by atoms with van der Waals surface area (Å²) in [5.41, 5.74) is -0.226. The molecule has 1 aliphatic rings. The summed E-state index contributed by atoms with van der Waals surface area (Å²) in [5.74, 6) is -1.09. The number of aromatic amines is 1. The summed E-state index contributed by atoms with van der Waals surface area (Å²) < 4.78 is 1.19. The molecule has 1 fully saturated rings. The van der Waals surface area contributed by atoms with Crippen molar-refractivity contribution in [2.45, 2.75) is 51.1 Å². The van der Waals surface area contributed by atoms with Crippen molar-refractivity contribution in [3.63, 3.8) is 0 Å². The highest BCUT2D eigenvalue weighted by Crippen LogP contribution is 2.19. The van der Waals surface area contributed by atoms with E-state index >= 15 is 0 Å². The van der Waals surface area contributed by atoms with Crippen molar-refractivity contribution in [3.8, 4) is 0 Å². The summed E-state index contributed by atoms with van der Waals surface area (Å²) in [4.78, 5) is 52.0. The first kappa shape index (κ1) is 18.9. The first-order valence-corrected chi connectivity index (χ1v) is 9.23.